The summed E-state index contributed by atoms with van der Waals surface area (Å²) in [6.07, 6.45) is 6.59. The molecule has 0 amide bonds. The van der Waals surface area contributed by atoms with E-state index < -0.39 is 4.92 Å². The smallest absolute Gasteiger partial charge is 0.269 e. The number of nitro benzene ring substituents is 1. The van der Waals surface area contributed by atoms with E-state index in [-0.39, 0.29) is 11.2 Å². The lowest BCUT2D eigenvalue weighted by Gasteiger charge is -1.97. The minimum Gasteiger partial charge on any atom is -0.306 e. The lowest BCUT2D eigenvalue weighted by molar-refractivity contribution is -0.384. The van der Waals surface area contributed by atoms with Crippen LogP contribution in [0.3, 0.4) is 0 Å². The SMILES string of the molecule is O=c1[nH]c(/C=C/c2ccc([N+](=O)[O-])cc2)nc2sc3c(c12)CCC3. The molecule has 4 rings (SSSR count). The maximum Gasteiger partial charge on any atom is 0.269 e. The first-order chi connectivity index (χ1) is 11.6. The van der Waals surface area contributed by atoms with Crippen molar-refractivity contribution in [2.24, 2.45) is 0 Å². The molecule has 0 aliphatic heterocycles. The van der Waals surface area contributed by atoms with E-state index in [1.807, 2.05) is 0 Å². The van der Waals surface area contributed by atoms with E-state index in [2.05, 4.69) is 9.97 Å². The topological polar surface area (TPSA) is 88.9 Å². The monoisotopic (exact) mass is 339 g/mol. The number of fused-ring (bicyclic) bond motifs is 3. The first kappa shape index (κ1) is 14.8. The van der Waals surface area contributed by atoms with Crippen LogP contribution in [0.1, 0.15) is 28.2 Å². The highest BCUT2D eigenvalue weighted by molar-refractivity contribution is 7.18. The van der Waals surface area contributed by atoms with Gasteiger partial charge in [-0.15, -0.1) is 11.3 Å². The fourth-order valence-electron chi connectivity index (χ4n) is 2.98. The number of aryl methyl sites for hydroxylation is 2. The second-order valence-electron chi connectivity index (χ2n) is 5.67. The third-order valence-corrected chi connectivity index (χ3v) is 5.32. The van der Waals surface area contributed by atoms with Gasteiger partial charge in [0.15, 0.2) is 0 Å². The molecule has 1 N–H and O–H groups in total. The molecule has 1 aliphatic rings. The summed E-state index contributed by atoms with van der Waals surface area (Å²) in [5, 5.41) is 11.4. The van der Waals surface area contributed by atoms with Crippen LogP contribution in [-0.4, -0.2) is 14.9 Å². The van der Waals surface area contributed by atoms with Gasteiger partial charge in [-0.25, -0.2) is 4.98 Å². The van der Waals surface area contributed by atoms with Crippen LogP contribution in [-0.2, 0) is 12.8 Å². The largest absolute Gasteiger partial charge is 0.306 e. The Bertz CT molecular complexity index is 1030. The Labute approximate surface area is 140 Å². The van der Waals surface area contributed by atoms with Gasteiger partial charge < -0.3 is 4.98 Å². The molecule has 0 saturated heterocycles. The minimum absolute atomic E-state index is 0.0493. The van der Waals surface area contributed by atoms with Crippen molar-refractivity contribution in [1.82, 2.24) is 9.97 Å². The number of thiophene rings is 1. The summed E-state index contributed by atoms with van der Waals surface area (Å²) >= 11 is 1.60. The van der Waals surface area contributed by atoms with Crippen LogP contribution in [0.25, 0.3) is 22.4 Å². The molecule has 7 heteroatoms. The van der Waals surface area contributed by atoms with Crippen molar-refractivity contribution in [3.63, 3.8) is 0 Å². The van der Waals surface area contributed by atoms with Gasteiger partial charge in [0.25, 0.3) is 11.2 Å². The Kier molecular flexibility index (Phi) is 3.50. The molecule has 1 aromatic carbocycles. The average Bonchev–Trinajstić information content (AvgIpc) is 3.13. The van der Waals surface area contributed by atoms with Crippen LogP contribution in [0, 0.1) is 10.1 Å². The van der Waals surface area contributed by atoms with Gasteiger partial charge in [-0.3, -0.25) is 14.9 Å². The normalized spacial score (nSPS) is 13.7. The van der Waals surface area contributed by atoms with Crippen LogP contribution >= 0.6 is 11.3 Å². The third-order valence-electron chi connectivity index (χ3n) is 4.13. The number of nitrogens with zero attached hydrogens (tertiary/aromatic N) is 2. The molecule has 24 heavy (non-hydrogen) atoms. The highest BCUT2D eigenvalue weighted by Crippen LogP contribution is 2.34. The van der Waals surface area contributed by atoms with Crippen LogP contribution < -0.4 is 5.56 Å². The van der Waals surface area contributed by atoms with Gasteiger partial charge in [0, 0.05) is 17.0 Å². The van der Waals surface area contributed by atoms with Crippen LogP contribution in [0.2, 0.25) is 0 Å². The summed E-state index contributed by atoms with van der Waals surface area (Å²) in [5.41, 5.74) is 1.92. The Morgan fingerprint density at radius 2 is 2.00 bits per heavy atom. The molecule has 3 aromatic rings. The summed E-state index contributed by atoms with van der Waals surface area (Å²) in [5.74, 6) is 0.491. The number of H-pyrrole nitrogens is 1. The van der Waals surface area contributed by atoms with Crippen molar-refractivity contribution >= 4 is 39.4 Å². The summed E-state index contributed by atoms with van der Waals surface area (Å²) < 4.78 is 0. The molecule has 0 saturated carbocycles. The molecule has 0 bridgehead atoms. The van der Waals surface area contributed by atoms with Crippen molar-refractivity contribution in [2.45, 2.75) is 19.3 Å². The Balaban J connectivity index is 1.67. The van der Waals surface area contributed by atoms with Gasteiger partial charge in [-0.2, -0.15) is 0 Å². The van der Waals surface area contributed by atoms with E-state index >= 15 is 0 Å². The van der Waals surface area contributed by atoms with Gasteiger partial charge in [0.2, 0.25) is 0 Å². The first-order valence-corrected chi connectivity index (χ1v) is 8.40. The summed E-state index contributed by atoms with van der Waals surface area (Å²) in [6.45, 7) is 0. The Morgan fingerprint density at radius 3 is 2.75 bits per heavy atom. The Morgan fingerprint density at radius 1 is 1.21 bits per heavy atom. The number of non-ortho nitro benzene ring substituents is 1. The molecule has 0 atom stereocenters. The van der Waals surface area contributed by atoms with Gasteiger partial charge in [-0.05, 0) is 48.6 Å². The third kappa shape index (κ3) is 2.52. The number of hydrogen-bond acceptors (Lipinski definition) is 5. The predicted octanol–water partition coefficient (Wildman–Crippen LogP) is 3.55. The fraction of sp³-hybridized carbons (Fsp3) is 0.176. The van der Waals surface area contributed by atoms with Gasteiger partial charge in [-0.1, -0.05) is 6.08 Å². The predicted molar refractivity (Wildman–Crippen MR) is 94.3 cm³/mol. The molecule has 0 radical (unpaired) electrons. The second kappa shape index (κ2) is 5.68. The first-order valence-electron chi connectivity index (χ1n) is 7.59. The molecule has 0 spiro atoms. The Hall–Kier alpha value is -2.80. The maximum atomic E-state index is 12.4. The van der Waals surface area contributed by atoms with Crippen molar-refractivity contribution in [3.8, 4) is 0 Å². The van der Waals surface area contributed by atoms with Crippen LogP contribution in [0.5, 0.6) is 0 Å². The molecule has 6 nitrogen and oxygen atoms in total. The number of benzene rings is 1. The zero-order valence-corrected chi connectivity index (χ0v) is 13.4. The molecule has 1 aliphatic carbocycles. The van der Waals surface area contributed by atoms with E-state index in [0.717, 1.165) is 40.6 Å². The number of nitro groups is 1. The molecular weight excluding hydrogens is 326 g/mol. The quantitative estimate of drug-likeness (QED) is 0.584. The molecule has 0 fully saturated rings. The molecule has 0 unspecified atom stereocenters. The molecule has 2 aromatic heterocycles. The number of rotatable bonds is 3. The van der Waals surface area contributed by atoms with Crippen molar-refractivity contribution in [1.29, 1.82) is 0 Å². The van der Waals surface area contributed by atoms with Crippen molar-refractivity contribution in [2.75, 3.05) is 0 Å². The summed E-state index contributed by atoms with van der Waals surface area (Å²) in [4.78, 5) is 32.0. The second-order valence-corrected chi connectivity index (χ2v) is 6.75. The highest BCUT2D eigenvalue weighted by atomic mass is 32.1. The van der Waals surface area contributed by atoms with Crippen molar-refractivity contribution in [3.05, 3.63) is 66.6 Å². The zero-order valence-electron chi connectivity index (χ0n) is 12.6. The highest BCUT2D eigenvalue weighted by Gasteiger charge is 2.20. The van der Waals surface area contributed by atoms with E-state index in [1.165, 1.54) is 17.0 Å². The number of aromatic nitrogens is 2. The number of aromatic amines is 1. The molecule has 120 valence electrons. The molecule has 2 heterocycles. The fourth-order valence-corrected chi connectivity index (χ4v) is 4.25. The average molecular weight is 339 g/mol. The van der Waals surface area contributed by atoms with E-state index in [0.29, 0.717) is 5.82 Å². The van der Waals surface area contributed by atoms with E-state index in [4.69, 9.17) is 0 Å². The van der Waals surface area contributed by atoms with E-state index in [9.17, 15) is 14.9 Å². The number of nitrogens with one attached hydrogen (secondary N) is 1. The van der Waals surface area contributed by atoms with Crippen LogP contribution in [0.4, 0.5) is 5.69 Å². The lowest BCUT2D eigenvalue weighted by Crippen LogP contribution is -2.09. The zero-order chi connectivity index (χ0) is 16.7. The lowest BCUT2D eigenvalue weighted by atomic mass is 10.2. The summed E-state index contributed by atoms with van der Waals surface area (Å²) in [7, 11) is 0. The minimum atomic E-state index is -0.434. The summed E-state index contributed by atoms with van der Waals surface area (Å²) in [6, 6.07) is 6.21. The number of hydrogen-bond donors (Lipinski definition) is 1. The van der Waals surface area contributed by atoms with Gasteiger partial charge >= 0.3 is 0 Å². The van der Waals surface area contributed by atoms with Gasteiger partial charge in [0.1, 0.15) is 10.7 Å². The van der Waals surface area contributed by atoms with Gasteiger partial charge in [0.05, 0.1) is 10.3 Å². The van der Waals surface area contributed by atoms with E-state index in [1.54, 1.807) is 35.6 Å². The van der Waals surface area contributed by atoms with Crippen LogP contribution in [0.15, 0.2) is 29.1 Å². The molecular formula is C17H13N3O3S. The standard InChI is InChI=1S/C17H13N3O3S/c21-16-15-12-2-1-3-13(12)24-17(15)19-14(18-16)9-6-10-4-7-11(8-5-10)20(22)23/h4-9H,1-3H2,(H,18,19,21)/b9-6+. The van der Waals surface area contributed by atoms with Crippen molar-refractivity contribution < 1.29 is 4.92 Å². The maximum absolute atomic E-state index is 12.4.